The van der Waals surface area contributed by atoms with Gasteiger partial charge in [0.1, 0.15) is 6.61 Å². The number of hydrogen-bond acceptors (Lipinski definition) is 4. The molecule has 2 aromatic carbocycles. The van der Waals surface area contributed by atoms with E-state index in [9.17, 15) is 9.59 Å². The minimum Gasteiger partial charge on any atom is -0.468 e. The van der Waals surface area contributed by atoms with Crippen LogP contribution in [0.4, 0.5) is 4.79 Å². The lowest BCUT2D eigenvalue weighted by atomic mass is 9.78. The molecule has 0 saturated heterocycles. The monoisotopic (exact) mass is 523 g/mol. The van der Waals surface area contributed by atoms with Crippen molar-refractivity contribution in [2.75, 3.05) is 20.7 Å². The number of rotatable bonds is 10. The highest BCUT2D eigenvalue weighted by atomic mass is 127. The number of carbonyl (C=O) groups excluding carboxylic acids is 2. The van der Waals surface area contributed by atoms with Crippen LogP contribution in [0.3, 0.4) is 0 Å². The van der Waals surface area contributed by atoms with Gasteiger partial charge in [0.2, 0.25) is 0 Å². The maximum absolute atomic E-state index is 12.5. The minimum absolute atomic E-state index is 0.217. The number of amides is 1. The zero-order valence-electron chi connectivity index (χ0n) is 17.9. The van der Waals surface area contributed by atoms with E-state index in [1.165, 1.54) is 7.11 Å². The standard InChI is InChI=1S/C24H30INO4/c1-24(22(27)29-3,20-13-10-14-21(25)17-20)15-8-5-9-16-26(2)23(28)30-18-19-11-6-4-7-12-19/h4,6-7,10-14,17H,5,8-9,15-16,18H2,1-3H3. The quantitative estimate of drug-likeness (QED) is 0.233. The van der Waals surface area contributed by atoms with Gasteiger partial charge in [-0.1, -0.05) is 55.3 Å². The topological polar surface area (TPSA) is 55.8 Å². The van der Waals surface area contributed by atoms with Crippen LogP contribution in [0.15, 0.2) is 54.6 Å². The van der Waals surface area contributed by atoms with Crippen LogP contribution in [0, 0.1) is 3.57 Å². The van der Waals surface area contributed by atoms with Crippen molar-refractivity contribution in [2.45, 2.75) is 44.6 Å². The molecule has 0 aliphatic heterocycles. The second kappa shape index (κ2) is 11.9. The summed E-state index contributed by atoms with van der Waals surface area (Å²) in [5.41, 5.74) is 1.27. The average Bonchev–Trinajstić information content (AvgIpc) is 2.76. The molecule has 1 atom stereocenters. The van der Waals surface area contributed by atoms with E-state index in [4.69, 9.17) is 9.47 Å². The van der Waals surface area contributed by atoms with Gasteiger partial charge in [0.25, 0.3) is 0 Å². The van der Waals surface area contributed by atoms with Crippen molar-refractivity contribution < 1.29 is 19.1 Å². The Morgan fingerprint density at radius 3 is 2.43 bits per heavy atom. The Bertz CT molecular complexity index is 827. The normalized spacial score (nSPS) is 12.7. The summed E-state index contributed by atoms with van der Waals surface area (Å²) in [4.78, 5) is 26.2. The summed E-state index contributed by atoms with van der Waals surface area (Å²) in [6.45, 7) is 2.83. The van der Waals surface area contributed by atoms with Crippen molar-refractivity contribution in [2.24, 2.45) is 0 Å². The zero-order chi connectivity index (χ0) is 22.0. The Kier molecular flexibility index (Phi) is 9.62. The van der Waals surface area contributed by atoms with Crippen molar-refractivity contribution in [3.8, 4) is 0 Å². The SMILES string of the molecule is COC(=O)C(C)(CCCCCN(C)C(=O)OCc1ccccc1)c1cccc(I)c1. The fraction of sp³-hybridized carbons (Fsp3) is 0.417. The molecule has 0 spiro atoms. The molecular weight excluding hydrogens is 493 g/mol. The van der Waals surface area contributed by atoms with E-state index in [0.717, 1.165) is 34.0 Å². The minimum atomic E-state index is -0.670. The molecular formula is C24H30INO4. The van der Waals surface area contributed by atoms with Gasteiger partial charge in [-0.15, -0.1) is 0 Å². The molecule has 0 N–H and O–H groups in total. The molecule has 0 heterocycles. The number of carbonyl (C=O) groups is 2. The lowest BCUT2D eigenvalue weighted by Gasteiger charge is -2.27. The van der Waals surface area contributed by atoms with Gasteiger partial charge in [-0.05, 0) is 65.6 Å². The first-order chi connectivity index (χ1) is 14.4. The first-order valence-electron chi connectivity index (χ1n) is 10.1. The molecule has 162 valence electrons. The van der Waals surface area contributed by atoms with Crippen LogP contribution in [-0.2, 0) is 26.3 Å². The number of benzene rings is 2. The van der Waals surface area contributed by atoms with Gasteiger partial charge >= 0.3 is 12.1 Å². The van der Waals surface area contributed by atoms with Crippen molar-refractivity contribution in [1.82, 2.24) is 4.90 Å². The Morgan fingerprint density at radius 1 is 1.03 bits per heavy atom. The molecule has 2 rings (SSSR count). The summed E-state index contributed by atoms with van der Waals surface area (Å²) in [5.74, 6) is -0.217. The predicted octanol–water partition coefficient (Wildman–Crippen LogP) is 5.55. The third-order valence-corrected chi connectivity index (χ3v) is 5.96. The van der Waals surface area contributed by atoms with Crippen LogP contribution in [0.25, 0.3) is 0 Å². The summed E-state index contributed by atoms with van der Waals surface area (Å²) in [7, 11) is 3.18. The van der Waals surface area contributed by atoms with Crippen LogP contribution in [0.1, 0.15) is 43.7 Å². The first-order valence-corrected chi connectivity index (χ1v) is 11.2. The summed E-state index contributed by atoms with van der Waals surface area (Å²) in [6.07, 6.45) is 3.00. The fourth-order valence-electron chi connectivity index (χ4n) is 3.35. The van der Waals surface area contributed by atoms with Gasteiger partial charge in [-0.2, -0.15) is 0 Å². The van der Waals surface area contributed by atoms with Gasteiger partial charge < -0.3 is 14.4 Å². The Labute approximate surface area is 192 Å². The predicted molar refractivity (Wildman–Crippen MR) is 126 cm³/mol. The van der Waals surface area contributed by atoms with E-state index in [1.807, 2.05) is 61.5 Å². The summed E-state index contributed by atoms with van der Waals surface area (Å²) in [6, 6.07) is 17.6. The maximum atomic E-state index is 12.5. The van der Waals surface area contributed by atoms with E-state index >= 15 is 0 Å². The third-order valence-electron chi connectivity index (χ3n) is 5.28. The highest BCUT2D eigenvalue weighted by molar-refractivity contribution is 14.1. The van der Waals surface area contributed by atoms with E-state index in [-0.39, 0.29) is 18.7 Å². The molecule has 0 radical (unpaired) electrons. The second-order valence-corrected chi connectivity index (χ2v) is 8.85. The molecule has 1 unspecified atom stereocenters. The molecule has 0 aliphatic rings. The van der Waals surface area contributed by atoms with Crippen LogP contribution >= 0.6 is 22.6 Å². The van der Waals surface area contributed by atoms with Crippen molar-refractivity contribution in [1.29, 1.82) is 0 Å². The fourth-order valence-corrected chi connectivity index (χ4v) is 3.89. The Balaban J connectivity index is 1.78. The Morgan fingerprint density at radius 2 is 1.77 bits per heavy atom. The molecule has 0 saturated carbocycles. The van der Waals surface area contributed by atoms with E-state index < -0.39 is 5.41 Å². The largest absolute Gasteiger partial charge is 0.468 e. The van der Waals surface area contributed by atoms with Crippen LogP contribution < -0.4 is 0 Å². The van der Waals surface area contributed by atoms with Gasteiger partial charge in [0, 0.05) is 17.2 Å². The smallest absolute Gasteiger partial charge is 0.409 e. The van der Waals surface area contributed by atoms with Crippen molar-refractivity contribution in [3.05, 3.63) is 69.3 Å². The van der Waals surface area contributed by atoms with Crippen molar-refractivity contribution >= 4 is 34.7 Å². The lowest BCUT2D eigenvalue weighted by molar-refractivity contribution is -0.147. The lowest BCUT2D eigenvalue weighted by Crippen LogP contribution is -2.34. The molecule has 6 heteroatoms. The third kappa shape index (κ3) is 7.00. The van der Waals surface area contributed by atoms with E-state index in [1.54, 1.807) is 11.9 Å². The summed E-state index contributed by atoms with van der Waals surface area (Å²) < 4.78 is 11.5. The van der Waals surface area contributed by atoms with Gasteiger partial charge in [0.05, 0.1) is 12.5 Å². The molecule has 0 fully saturated rings. The molecule has 30 heavy (non-hydrogen) atoms. The van der Waals surface area contributed by atoms with Gasteiger partial charge in [-0.25, -0.2) is 4.79 Å². The van der Waals surface area contributed by atoms with E-state index in [2.05, 4.69) is 22.6 Å². The molecule has 0 aromatic heterocycles. The van der Waals surface area contributed by atoms with Crippen LogP contribution in [0.2, 0.25) is 0 Å². The summed E-state index contributed by atoms with van der Waals surface area (Å²) in [5, 5.41) is 0. The number of hydrogen-bond donors (Lipinski definition) is 0. The van der Waals surface area contributed by atoms with Gasteiger partial charge in [-0.3, -0.25) is 4.79 Å². The molecule has 1 amide bonds. The molecule has 2 aromatic rings. The molecule has 5 nitrogen and oxygen atoms in total. The first kappa shape index (κ1) is 24.2. The number of unbranched alkanes of at least 4 members (excludes halogenated alkanes) is 2. The summed E-state index contributed by atoms with van der Waals surface area (Å²) >= 11 is 2.25. The van der Waals surface area contributed by atoms with Gasteiger partial charge in [0.15, 0.2) is 0 Å². The van der Waals surface area contributed by atoms with E-state index in [0.29, 0.717) is 13.0 Å². The number of esters is 1. The number of nitrogens with zero attached hydrogens (tertiary/aromatic N) is 1. The number of halogens is 1. The molecule has 0 bridgehead atoms. The number of ether oxygens (including phenoxy) is 2. The maximum Gasteiger partial charge on any atom is 0.409 e. The highest BCUT2D eigenvalue weighted by Crippen LogP contribution is 2.32. The average molecular weight is 523 g/mol. The van der Waals surface area contributed by atoms with Crippen LogP contribution in [0.5, 0.6) is 0 Å². The molecule has 0 aliphatic carbocycles. The second-order valence-electron chi connectivity index (χ2n) is 7.61. The zero-order valence-corrected chi connectivity index (χ0v) is 20.1. The van der Waals surface area contributed by atoms with Crippen molar-refractivity contribution in [3.63, 3.8) is 0 Å². The Hall–Kier alpha value is -2.09. The highest BCUT2D eigenvalue weighted by Gasteiger charge is 2.35. The number of methoxy groups -OCH3 is 1. The van der Waals surface area contributed by atoms with Crippen LogP contribution in [-0.4, -0.2) is 37.7 Å².